The van der Waals surface area contributed by atoms with Gasteiger partial charge in [-0.15, -0.1) is 0 Å². The van der Waals surface area contributed by atoms with Crippen LogP contribution in [0.1, 0.15) is 23.7 Å². The van der Waals surface area contributed by atoms with E-state index in [2.05, 4.69) is 29.2 Å². The molecule has 2 saturated heterocycles. The molecular formula is C28H31ClN4O4. The highest BCUT2D eigenvalue weighted by Gasteiger charge is 2.26. The summed E-state index contributed by atoms with van der Waals surface area (Å²) in [7, 11) is 0. The van der Waals surface area contributed by atoms with Gasteiger partial charge in [0.15, 0.2) is 0 Å². The number of pyridine rings is 1. The number of aromatic nitrogens is 1. The van der Waals surface area contributed by atoms with Crippen LogP contribution in [0.25, 0.3) is 22.2 Å². The maximum atomic E-state index is 13.2. The average Bonchev–Trinajstić information content (AvgIpc) is 2.96. The molecule has 37 heavy (non-hydrogen) atoms. The predicted molar refractivity (Wildman–Crippen MR) is 144 cm³/mol. The van der Waals surface area contributed by atoms with Gasteiger partial charge < -0.3 is 24.2 Å². The van der Waals surface area contributed by atoms with Crippen molar-refractivity contribution in [1.29, 1.82) is 0 Å². The number of morpholine rings is 1. The lowest BCUT2D eigenvalue weighted by Crippen LogP contribution is -2.50. The van der Waals surface area contributed by atoms with Crippen LogP contribution in [0.5, 0.6) is 0 Å². The Morgan fingerprint density at radius 2 is 1.65 bits per heavy atom. The van der Waals surface area contributed by atoms with Gasteiger partial charge >= 0.3 is 6.09 Å². The Morgan fingerprint density at radius 1 is 0.946 bits per heavy atom. The summed E-state index contributed by atoms with van der Waals surface area (Å²) < 4.78 is 10.7. The van der Waals surface area contributed by atoms with Gasteiger partial charge in [0, 0.05) is 61.5 Å². The number of anilines is 1. The van der Waals surface area contributed by atoms with E-state index in [0.717, 1.165) is 55.1 Å². The minimum absolute atomic E-state index is 0.0818. The lowest BCUT2D eigenvalue weighted by atomic mass is 10.1. The maximum Gasteiger partial charge on any atom is 0.409 e. The average molecular weight is 523 g/mol. The number of nitrogens with zero attached hydrogens (tertiary/aromatic N) is 4. The first-order valence-electron chi connectivity index (χ1n) is 12.8. The van der Waals surface area contributed by atoms with Gasteiger partial charge in [-0.05, 0) is 36.8 Å². The van der Waals surface area contributed by atoms with Gasteiger partial charge in [-0.3, -0.25) is 4.79 Å². The standard InChI is InChI=1S/C28H31ClN4O4/c1-2-15-37-28(35)33-11-9-32(10-12-33)27(34)21-5-8-23-24(29)19-25(30-26(23)18-21)20-3-6-22(7-4-20)31-13-16-36-17-14-31/h3-8,18-19H,2,9-17H2,1H3. The maximum absolute atomic E-state index is 13.2. The quantitative estimate of drug-likeness (QED) is 0.483. The van der Waals surface area contributed by atoms with Crippen molar-refractivity contribution in [3.05, 3.63) is 59.1 Å². The van der Waals surface area contributed by atoms with Crippen LogP contribution in [-0.4, -0.2) is 85.9 Å². The molecule has 0 aliphatic carbocycles. The van der Waals surface area contributed by atoms with E-state index in [1.54, 1.807) is 21.9 Å². The Hall–Kier alpha value is -3.36. The summed E-state index contributed by atoms with van der Waals surface area (Å²) in [5, 5.41) is 1.39. The highest BCUT2D eigenvalue weighted by Crippen LogP contribution is 2.30. The largest absolute Gasteiger partial charge is 0.449 e. The highest BCUT2D eigenvalue weighted by molar-refractivity contribution is 6.35. The van der Waals surface area contributed by atoms with Gasteiger partial charge in [0.25, 0.3) is 5.91 Å². The molecule has 0 N–H and O–H groups in total. The van der Waals surface area contributed by atoms with E-state index in [-0.39, 0.29) is 12.0 Å². The second-order valence-electron chi connectivity index (χ2n) is 9.26. The third-order valence-electron chi connectivity index (χ3n) is 6.80. The number of hydrogen-bond donors (Lipinski definition) is 0. The minimum Gasteiger partial charge on any atom is -0.449 e. The van der Waals surface area contributed by atoms with Crippen LogP contribution in [0.4, 0.5) is 10.5 Å². The third-order valence-corrected chi connectivity index (χ3v) is 7.11. The Balaban J connectivity index is 1.31. The smallest absolute Gasteiger partial charge is 0.409 e. The van der Waals surface area contributed by atoms with E-state index in [1.165, 1.54) is 0 Å². The van der Waals surface area contributed by atoms with Crippen molar-refractivity contribution in [3.63, 3.8) is 0 Å². The first kappa shape index (κ1) is 25.3. The molecule has 2 amide bonds. The Kier molecular flexibility index (Phi) is 7.76. The first-order valence-corrected chi connectivity index (χ1v) is 13.2. The van der Waals surface area contributed by atoms with Gasteiger partial charge in [-0.25, -0.2) is 9.78 Å². The van der Waals surface area contributed by atoms with Crippen molar-refractivity contribution in [2.45, 2.75) is 13.3 Å². The Morgan fingerprint density at radius 3 is 2.35 bits per heavy atom. The molecule has 0 saturated carbocycles. The zero-order chi connectivity index (χ0) is 25.8. The zero-order valence-corrected chi connectivity index (χ0v) is 21.7. The summed E-state index contributed by atoms with van der Waals surface area (Å²) in [5.41, 5.74) is 4.11. The fraction of sp³-hybridized carbons (Fsp3) is 0.393. The zero-order valence-electron chi connectivity index (χ0n) is 21.0. The second-order valence-corrected chi connectivity index (χ2v) is 9.67. The summed E-state index contributed by atoms with van der Waals surface area (Å²) in [6, 6.07) is 15.6. The van der Waals surface area contributed by atoms with Gasteiger partial charge in [-0.2, -0.15) is 0 Å². The molecule has 194 valence electrons. The number of piperazine rings is 1. The van der Waals surface area contributed by atoms with Crippen LogP contribution in [0.15, 0.2) is 48.5 Å². The monoisotopic (exact) mass is 522 g/mol. The molecule has 8 nitrogen and oxygen atoms in total. The first-order chi connectivity index (χ1) is 18.0. The van der Waals surface area contributed by atoms with Crippen molar-refractivity contribution < 1.29 is 19.1 Å². The Bertz CT molecular complexity index is 1270. The van der Waals surface area contributed by atoms with E-state index in [4.69, 9.17) is 26.1 Å². The number of ether oxygens (including phenoxy) is 2. The number of fused-ring (bicyclic) bond motifs is 1. The van der Waals surface area contributed by atoms with E-state index in [1.807, 2.05) is 19.1 Å². The molecule has 0 unspecified atom stereocenters. The van der Waals surface area contributed by atoms with Crippen LogP contribution in [-0.2, 0) is 9.47 Å². The van der Waals surface area contributed by atoms with E-state index < -0.39 is 0 Å². The number of benzene rings is 2. The number of halogens is 1. The summed E-state index contributed by atoms with van der Waals surface area (Å²) in [5.74, 6) is -0.0818. The summed E-state index contributed by atoms with van der Waals surface area (Å²) in [6.07, 6.45) is 0.468. The van der Waals surface area contributed by atoms with E-state index in [9.17, 15) is 9.59 Å². The van der Waals surface area contributed by atoms with Gasteiger partial charge in [0.05, 0.1) is 36.1 Å². The second kappa shape index (κ2) is 11.4. The molecule has 0 atom stereocenters. The van der Waals surface area contributed by atoms with Crippen LogP contribution in [0.2, 0.25) is 5.02 Å². The number of rotatable bonds is 5. The fourth-order valence-electron chi connectivity index (χ4n) is 4.69. The Labute approximate surface area is 221 Å². The molecule has 3 aromatic rings. The third kappa shape index (κ3) is 5.65. The highest BCUT2D eigenvalue weighted by atomic mass is 35.5. The van der Waals surface area contributed by atoms with Crippen LogP contribution < -0.4 is 4.90 Å². The molecule has 2 aromatic carbocycles. The molecule has 9 heteroatoms. The summed E-state index contributed by atoms with van der Waals surface area (Å²) in [4.78, 5) is 35.9. The van der Waals surface area contributed by atoms with Crippen molar-refractivity contribution >= 4 is 40.2 Å². The normalized spacial score (nSPS) is 16.2. The molecule has 3 heterocycles. The van der Waals surface area contributed by atoms with Crippen molar-refractivity contribution in [1.82, 2.24) is 14.8 Å². The molecule has 5 rings (SSSR count). The van der Waals surface area contributed by atoms with Gasteiger partial charge in [-0.1, -0.05) is 36.7 Å². The lowest BCUT2D eigenvalue weighted by molar-refractivity contribution is 0.0560. The van der Waals surface area contributed by atoms with Gasteiger partial charge in [0.2, 0.25) is 0 Å². The SMILES string of the molecule is CCCOC(=O)N1CCN(C(=O)c2ccc3c(Cl)cc(-c4ccc(N5CCOCC5)cc4)nc3c2)CC1. The topological polar surface area (TPSA) is 75.2 Å². The molecule has 2 aliphatic rings. The number of amides is 2. The fourth-order valence-corrected chi connectivity index (χ4v) is 4.95. The molecular weight excluding hydrogens is 492 g/mol. The summed E-state index contributed by atoms with van der Waals surface area (Å²) >= 11 is 6.62. The van der Waals surface area contributed by atoms with E-state index in [0.29, 0.717) is 48.9 Å². The molecule has 2 aliphatic heterocycles. The molecule has 0 bridgehead atoms. The summed E-state index contributed by atoms with van der Waals surface area (Å²) in [6.45, 7) is 7.45. The van der Waals surface area contributed by atoms with Crippen molar-refractivity contribution in [2.24, 2.45) is 0 Å². The van der Waals surface area contributed by atoms with Crippen LogP contribution in [0.3, 0.4) is 0 Å². The van der Waals surface area contributed by atoms with Crippen LogP contribution in [0, 0.1) is 0 Å². The van der Waals surface area contributed by atoms with Gasteiger partial charge in [0.1, 0.15) is 0 Å². The molecule has 1 aromatic heterocycles. The van der Waals surface area contributed by atoms with Crippen LogP contribution >= 0.6 is 11.6 Å². The van der Waals surface area contributed by atoms with Crippen molar-refractivity contribution in [3.8, 4) is 11.3 Å². The van der Waals surface area contributed by atoms with E-state index >= 15 is 0 Å². The van der Waals surface area contributed by atoms with Crippen molar-refractivity contribution in [2.75, 3.05) is 64.0 Å². The number of carbonyl (C=O) groups is 2. The molecule has 0 spiro atoms. The minimum atomic E-state index is -0.316. The predicted octanol–water partition coefficient (Wildman–Crippen LogP) is 4.70. The number of carbonyl (C=O) groups excluding carboxylic acids is 2. The lowest BCUT2D eigenvalue weighted by Gasteiger charge is -2.34. The molecule has 0 radical (unpaired) electrons. The number of hydrogen-bond acceptors (Lipinski definition) is 6. The molecule has 2 fully saturated rings.